The summed E-state index contributed by atoms with van der Waals surface area (Å²) in [6, 6.07) is 6.58. The highest BCUT2D eigenvalue weighted by atomic mass is 35.5. The van der Waals surface area contributed by atoms with Crippen molar-refractivity contribution in [3.05, 3.63) is 68.5 Å². The van der Waals surface area contributed by atoms with Gasteiger partial charge in [-0.1, -0.05) is 11.6 Å². The molecule has 3 rings (SSSR count). The van der Waals surface area contributed by atoms with Crippen LogP contribution < -0.4 is 15.0 Å². The lowest BCUT2D eigenvalue weighted by molar-refractivity contribution is -0.142. The van der Waals surface area contributed by atoms with Crippen LogP contribution in [-0.4, -0.2) is 33.1 Å². The van der Waals surface area contributed by atoms with Crippen molar-refractivity contribution in [3.8, 4) is 23.4 Å². The van der Waals surface area contributed by atoms with Gasteiger partial charge in [0.1, 0.15) is 11.4 Å². The maximum absolute atomic E-state index is 13.5. The maximum atomic E-state index is 13.5. The summed E-state index contributed by atoms with van der Waals surface area (Å²) in [7, 11) is 1.27. The number of ether oxygens (including phenoxy) is 2. The summed E-state index contributed by atoms with van der Waals surface area (Å²) < 4.78 is 51.5. The van der Waals surface area contributed by atoms with Gasteiger partial charge in [0, 0.05) is 10.6 Å². The lowest BCUT2D eigenvalue weighted by atomic mass is 10.2. The zero-order valence-corrected chi connectivity index (χ0v) is 16.8. The molecule has 2 heterocycles. The van der Waals surface area contributed by atoms with Gasteiger partial charge in [0.2, 0.25) is 11.6 Å². The van der Waals surface area contributed by atoms with E-state index < -0.39 is 23.2 Å². The number of aromatic nitrogens is 4. The molecular formula is C19H11ClF3N5O4. The van der Waals surface area contributed by atoms with Crippen molar-refractivity contribution in [2.75, 3.05) is 7.11 Å². The minimum Gasteiger partial charge on any atom is -0.480 e. The molecule has 0 aliphatic rings. The Morgan fingerprint density at radius 3 is 2.62 bits per heavy atom. The number of hydrogen-bond donors (Lipinski definition) is 0. The quantitative estimate of drug-likeness (QED) is 0.509. The van der Waals surface area contributed by atoms with E-state index in [2.05, 4.69) is 15.2 Å². The standard InChI is InChI=1S/C19H11ClF3N5O4/c1-31-17-11(4-13(8-29)26-27-17)7-28-9-25-16(19(21,22)23)15(18(28)30)32-14-3-10(6-24)2-12(20)5-14/h2-5,8-9H,7H2,1H3. The molecule has 0 bridgehead atoms. The van der Waals surface area contributed by atoms with E-state index in [1.807, 2.05) is 0 Å². The fourth-order valence-corrected chi connectivity index (χ4v) is 2.87. The van der Waals surface area contributed by atoms with Gasteiger partial charge in [0.25, 0.3) is 5.56 Å². The average molecular weight is 466 g/mol. The van der Waals surface area contributed by atoms with Gasteiger partial charge < -0.3 is 9.47 Å². The number of nitriles is 1. The minimum absolute atomic E-state index is 0.0132. The van der Waals surface area contributed by atoms with Crippen LogP contribution in [0.4, 0.5) is 13.2 Å². The third kappa shape index (κ3) is 4.84. The SMILES string of the molecule is COc1nnc(C=O)cc1Cn1cnc(C(F)(F)F)c(Oc2cc(Cl)cc(C#N)c2)c1=O. The lowest BCUT2D eigenvalue weighted by Gasteiger charge is -2.15. The van der Waals surface area contributed by atoms with E-state index in [0.29, 0.717) is 12.6 Å². The first-order valence-corrected chi connectivity index (χ1v) is 8.95. The Balaban J connectivity index is 2.12. The molecule has 0 aliphatic heterocycles. The highest BCUT2D eigenvalue weighted by molar-refractivity contribution is 6.30. The molecule has 2 aromatic heterocycles. The molecule has 0 radical (unpaired) electrons. The number of methoxy groups -OCH3 is 1. The summed E-state index contributed by atoms with van der Waals surface area (Å²) in [5.74, 6) is -1.43. The Morgan fingerprint density at radius 1 is 1.25 bits per heavy atom. The van der Waals surface area contributed by atoms with Gasteiger partial charge in [-0.2, -0.15) is 18.4 Å². The molecule has 0 atom stereocenters. The molecule has 0 saturated carbocycles. The monoisotopic (exact) mass is 465 g/mol. The first-order chi connectivity index (χ1) is 15.2. The molecule has 13 heteroatoms. The summed E-state index contributed by atoms with van der Waals surface area (Å²) in [6.07, 6.45) is -3.92. The van der Waals surface area contributed by atoms with Crippen LogP contribution in [-0.2, 0) is 12.7 Å². The molecule has 32 heavy (non-hydrogen) atoms. The summed E-state index contributed by atoms with van der Waals surface area (Å²) in [5, 5.41) is 16.3. The molecule has 164 valence electrons. The summed E-state index contributed by atoms with van der Waals surface area (Å²) in [6.45, 7) is -0.348. The van der Waals surface area contributed by atoms with E-state index in [9.17, 15) is 22.8 Å². The molecule has 1 aromatic carbocycles. The Labute approximate surface area is 182 Å². The van der Waals surface area contributed by atoms with Crippen molar-refractivity contribution in [2.45, 2.75) is 12.7 Å². The van der Waals surface area contributed by atoms with Crippen LogP contribution in [0.2, 0.25) is 5.02 Å². The van der Waals surface area contributed by atoms with Gasteiger partial charge in [-0.25, -0.2) is 4.98 Å². The first-order valence-electron chi connectivity index (χ1n) is 8.57. The van der Waals surface area contributed by atoms with Crippen LogP contribution in [0.5, 0.6) is 17.4 Å². The molecule has 0 unspecified atom stereocenters. The number of carbonyl (C=O) groups excluding carboxylic acids is 1. The largest absolute Gasteiger partial charge is 0.480 e. The number of nitrogens with zero attached hydrogens (tertiary/aromatic N) is 5. The van der Waals surface area contributed by atoms with Crippen molar-refractivity contribution in [2.24, 2.45) is 0 Å². The Hall–Kier alpha value is -3.98. The van der Waals surface area contributed by atoms with Crippen LogP contribution in [0, 0.1) is 11.3 Å². The van der Waals surface area contributed by atoms with Gasteiger partial charge in [-0.3, -0.25) is 14.2 Å². The predicted molar refractivity (Wildman–Crippen MR) is 103 cm³/mol. The topological polar surface area (TPSA) is 120 Å². The second kappa shape index (κ2) is 9.03. The Bertz CT molecular complexity index is 1290. The smallest absolute Gasteiger partial charge is 0.437 e. The number of carbonyl (C=O) groups is 1. The van der Waals surface area contributed by atoms with E-state index in [1.54, 1.807) is 6.07 Å². The van der Waals surface area contributed by atoms with Crippen LogP contribution in [0.1, 0.15) is 27.3 Å². The molecule has 9 nitrogen and oxygen atoms in total. The Morgan fingerprint density at radius 2 is 2.00 bits per heavy atom. The summed E-state index contributed by atoms with van der Waals surface area (Å²) in [5.41, 5.74) is -2.62. The zero-order valence-electron chi connectivity index (χ0n) is 16.1. The average Bonchev–Trinajstić information content (AvgIpc) is 2.75. The van der Waals surface area contributed by atoms with Crippen molar-refractivity contribution in [1.82, 2.24) is 19.7 Å². The van der Waals surface area contributed by atoms with Crippen molar-refractivity contribution >= 4 is 17.9 Å². The molecule has 0 saturated heterocycles. The molecule has 0 N–H and O–H groups in total. The fraction of sp³-hybridized carbons (Fsp3) is 0.158. The Kier molecular flexibility index (Phi) is 6.40. The number of alkyl halides is 3. The van der Waals surface area contributed by atoms with E-state index in [-0.39, 0.29) is 40.0 Å². The summed E-state index contributed by atoms with van der Waals surface area (Å²) in [4.78, 5) is 27.2. The highest BCUT2D eigenvalue weighted by Gasteiger charge is 2.38. The third-order valence-electron chi connectivity index (χ3n) is 3.99. The zero-order chi connectivity index (χ0) is 23.5. The molecule has 0 spiro atoms. The maximum Gasteiger partial charge on any atom is 0.437 e. The fourth-order valence-electron chi connectivity index (χ4n) is 2.64. The van der Waals surface area contributed by atoms with Crippen molar-refractivity contribution in [1.29, 1.82) is 5.26 Å². The summed E-state index contributed by atoms with van der Waals surface area (Å²) >= 11 is 5.86. The second-order valence-corrected chi connectivity index (χ2v) is 6.60. The van der Waals surface area contributed by atoms with Crippen molar-refractivity contribution in [3.63, 3.8) is 0 Å². The minimum atomic E-state index is -5.01. The van der Waals surface area contributed by atoms with Crippen LogP contribution in [0.25, 0.3) is 0 Å². The van der Waals surface area contributed by atoms with Gasteiger partial charge in [0.15, 0.2) is 12.0 Å². The van der Waals surface area contributed by atoms with Gasteiger partial charge in [-0.05, 0) is 24.3 Å². The normalized spacial score (nSPS) is 11.0. The highest BCUT2D eigenvalue weighted by Crippen LogP contribution is 2.35. The number of aldehydes is 1. The van der Waals surface area contributed by atoms with E-state index >= 15 is 0 Å². The van der Waals surface area contributed by atoms with Crippen LogP contribution in [0.15, 0.2) is 35.4 Å². The van der Waals surface area contributed by atoms with Gasteiger partial charge >= 0.3 is 6.18 Å². The van der Waals surface area contributed by atoms with E-state index in [4.69, 9.17) is 26.3 Å². The van der Waals surface area contributed by atoms with Crippen LogP contribution >= 0.6 is 11.6 Å². The first kappa shape index (κ1) is 22.7. The van der Waals surface area contributed by atoms with Crippen LogP contribution in [0.3, 0.4) is 0 Å². The number of halogens is 4. The second-order valence-electron chi connectivity index (χ2n) is 6.16. The molecular weight excluding hydrogens is 455 g/mol. The third-order valence-corrected chi connectivity index (χ3v) is 4.21. The molecule has 0 fully saturated rings. The number of rotatable bonds is 6. The molecule has 0 aliphatic carbocycles. The predicted octanol–water partition coefficient (Wildman–Crippen LogP) is 3.24. The van der Waals surface area contributed by atoms with Gasteiger partial charge in [0.05, 0.1) is 31.6 Å². The molecule has 3 aromatic rings. The van der Waals surface area contributed by atoms with Crippen molar-refractivity contribution < 1.29 is 27.4 Å². The van der Waals surface area contributed by atoms with Gasteiger partial charge in [-0.15, -0.1) is 10.2 Å². The lowest BCUT2D eigenvalue weighted by Crippen LogP contribution is -2.27. The molecule has 0 amide bonds. The number of hydrogen-bond acceptors (Lipinski definition) is 8. The van der Waals surface area contributed by atoms with E-state index in [0.717, 1.165) is 16.7 Å². The van der Waals surface area contributed by atoms with E-state index in [1.165, 1.54) is 19.2 Å². The number of benzene rings is 1.